The van der Waals surface area contributed by atoms with Gasteiger partial charge in [0.25, 0.3) is 0 Å². The minimum Gasteiger partial charge on any atom is -0.379 e. The van der Waals surface area contributed by atoms with Gasteiger partial charge in [-0.2, -0.15) is 0 Å². The van der Waals surface area contributed by atoms with Crippen molar-refractivity contribution in [1.29, 1.82) is 0 Å². The third-order valence-corrected chi connectivity index (χ3v) is 3.46. The zero-order valence-corrected chi connectivity index (χ0v) is 9.14. The number of thioether (sulfide) groups is 1. The van der Waals surface area contributed by atoms with E-state index in [0.717, 1.165) is 13.0 Å². The Balaban J connectivity index is 2.23. The van der Waals surface area contributed by atoms with Crippen LogP contribution in [0.25, 0.3) is 0 Å². The van der Waals surface area contributed by atoms with Gasteiger partial charge >= 0.3 is 0 Å². The van der Waals surface area contributed by atoms with Crippen LogP contribution in [-0.4, -0.2) is 19.5 Å². The smallest absolute Gasteiger partial charge is 0.0689 e. The lowest BCUT2D eigenvalue weighted by molar-refractivity contribution is 0.178. The lowest BCUT2D eigenvalue weighted by Gasteiger charge is -2.22. The maximum absolute atomic E-state index is 6.24. The molecule has 1 fully saturated rings. The molecule has 1 aromatic rings. The van der Waals surface area contributed by atoms with Gasteiger partial charge in [-0.1, -0.05) is 12.1 Å². The van der Waals surface area contributed by atoms with E-state index in [1.807, 2.05) is 0 Å². The monoisotopic (exact) mass is 209 g/mol. The van der Waals surface area contributed by atoms with Crippen LogP contribution in [0.4, 0.5) is 0 Å². The molecule has 0 saturated carbocycles. The van der Waals surface area contributed by atoms with Gasteiger partial charge in [-0.05, 0) is 30.4 Å². The van der Waals surface area contributed by atoms with Gasteiger partial charge in [0.2, 0.25) is 0 Å². The lowest BCUT2D eigenvalue weighted by atomic mass is 9.91. The van der Waals surface area contributed by atoms with Crippen molar-refractivity contribution in [3.8, 4) is 0 Å². The molecule has 0 bridgehead atoms. The van der Waals surface area contributed by atoms with Crippen LogP contribution in [-0.2, 0) is 10.3 Å². The second-order valence-corrected chi connectivity index (χ2v) is 4.57. The minimum absolute atomic E-state index is 0.253. The normalized spacial score (nSPS) is 26.7. The Morgan fingerprint density at radius 3 is 2.57 bits per heavy atom. The summed E-state index contributed by atoms with van der Waals surface area (Å²) in [6.07, 6.45) is 3.00. The fourth-order valence-corrected chi connectivity index (χ4v) is 2.14. The quantitative estimate of drug-likeness (QED) is 0.756. The van der Waals surface area contributed by atoms with Crippen LogP contribution < -0.4 is 5.73 Å². The first kappa shape index (κ1) is 10.0. The van der Waals surface area contributed by atoms with Crippen LogP contribution in [0.5, 0.6) is 0 Å². The number of nitrogens with two attached hydrogens (primary N) is 1. The van der Waals surface area contributed by atoms with E-state index in [0.29, 0.717) is 6.61 Å². The van der Waals surface area contributed by atoms with Crippen molar-refractivity contribution in [2.24, 2.45) is 5.73 Å². The Hall–Kier alpha value is -0.510. The molecular weight excluding hydrogens is 194 g/mol. The SMILES string of the molecule is CSc1ccc(C2(N)CCOC2)cc1. The molecule has 2 N–H and O–H groups in total. The van der Waals surface area contributed by atoms with Crippen LogP contribution in [0.2, 0.25) is 0 Å². The highest BCUT2D eigenvalue weighted by molar-refractivity contribution is 7.98. The van der Waals surface area contributed by atoms with Crippen molar-refractivity contribution in [3.63, 3.8) is 0 Å². The molecular formula is C11H15NOS. The fraction of sp³-hybridized carbons (Fsp3) is 0.455. The van der Waals surface area contributed by atoms with E-state index in [1.54, 1.807) is 11.8 Å². The predicted molar refractivity (Wildman–Crippen MR) is 59.5 cm³/mol. The summed E-state index contributed by atoms with van der Waals surface area (Å²) < 4.78 is 5.34. The van der Waals surface area contributed by atoms with E-state index in [4.69, 9.17) is 10.5 Å². The van der Waals surface area contributed by atoms with E-state index < -0.39 is 0 Å². The Morgan fingerprint density at radius 2 is 2.07 bits per heavy atom. The van der Waals surface area contributed by atoms with Gasteiger partial charge in [-0.15, -0.1) is 11.8 Å². The summed E-state index contributed by atoms with van der Waals surface area (Å²) in [6, 6.07) is 8.46. The average molecular weight is 209 g/mol. The molecule has 1 aliphatic rings. The summed E-state index contributed by atoms with van der Waals surface area (Å²) in [4.78, 5) is 1.27. The summed E-state index contributed by atoms with van der Waals surface area (Å²) >= 11 is 1.75. The van der Waals surface area contributed by atoms with Gasteiger partial charge in [-0.25, -0.2) is 0 Å². The number of hydrogen-bond acceptors (Lipinski definition) is 3. The van der Waals surface area contributed by atoms with Crippen LogP contribution in [0.3, 0.4) is 0 Å². The van der Waals surface area contributed by atoms with Crippen LogP contribution in [0.1, 0.15) is 12.0 Å². The third-order valence-electron chi connectivity index (χ3n) is 2.72. The number of rotatable bonds is 2. The highest BCUT2D eigenvalue weighted by Crippen LogP contribution is 2.28. The fourth-order valence-electron chi connectivity index (χ4n) is 1.73. The van der Waals surface area contributed by atoms with Gasteiger partial charge in [0.15, 0.2) is 0 Å². The Morgan fingerprint density at radius 1 is 1.36 bits per heavy atom. The van der Waals surface area contributed by atoms with Gasteiger partial charge in [0, 0.05) is 11.5 Å². The average Bonchev–Trinajstić information content (AvgIpc) is 2.67. The van der Waals surface area contributed by atoms with Crippen molar-refractivity contribution in [3.05, 3.63) is 29.8 Å². The van der Waals surface area contributed by atoms with Crippen molar-refractivity contribution < 1.29 is 4.74 Å². The molecule has 0 aromatic heterocycles. The van der Waals surface area contributed by atoms with Crippen molar-refractivity contribution in [2.75, 3.05) is 19.5 Å². The van der Waals surface area contributed by atoms with E-state index in [2.05, 4.69) is 30.5 Å². The topological polar surface area (TPSA) is 35.2 Å². The molecule has 0 aliphatic carbocycles. The molecule has 3 heteroatoms. The summed E-state index contributed by atoms with van der Waals surface area (Å²) in [5.41, 5.74) is 7.17. The highest BCUT2D eigenvalue weighted by Gasteiger charge is 2.31. The molecule has 76 valence electrons. The van der Waals surface area contributed by atoms with Gasteiger partial charge < -0.3 is 10.5 Å². The molecule has 1 unspecified atom stereocenters. The first-order valence-corrected chi connectivity index (χ1v) is 5.98. The zero-order valence-electron chi connectivity index (χ0n) is 8.32. The standard InChI is InChI=1S/C11H15NOS/c1-14-10-4-2-9(3-5-10)11(12)6-7-13-8-11/h2-5H,6-8,12H2,1H3. The van der Waals surface area contributed by atoms with Crippen LogP contribution >= 0.6 is 11.8 Å². The van der Waals surface area contributed by atoms with Crippen molar-refractivity contribution in [2.45, 2.75) is 16.9 Å². The molecule has 2 rings (SSSR count). The number of ether oxygens (including phenoxy) is 1. The highest BCUT2D eigenvalue weighted by atomic mass is 32.2. The van der Waals surface area contributed by atoms with Gasteiger partial charge in [-0.3, -0.25) is 0 Å². The van der Waals surface area contributed by atoms with Crippen molar-refractivity contribution in [1.82, 2.24) is 0 Å². The van der Waals surface area contributed by atoms with E-state index in [-0.39, 0.29) is 5.54 Å². The van der Waals surface area contributed by atoms with Crippen LogP contribution in [0.15, 0.2) is 29.2 Å². The molecule has 1 heterocycles. The van der Waals surface area contributed by atoms with Crippen molar-refractivity contribution >= 4 is 11.8 Å². The summed E-state index contributed by atoms with van der Waals surface area (Å²) in [5, 5.41) is 0. The molecule has 14 heavy (non-hydrogen) atoms. The first-order valence-electron chi connectivity index (χ1n) is 4.76. The molecule has 1 aliphatic heterocycles. The maximum Gasteiger partial charge on any atom is 0.0689 e. The first-order chi connectivity index (χ1) is 6.74. The second-order valence-electron chi connectivity index (χ2n) is 3.69. The molecule has 1 aromatic carbocycles. The van der Waals surface area contributed by atoms with Gasteiger partial charge in [0.05, 0.1) is 12.1 Å². The zero-order chi connectivity index (χ0) is 10.0. The molecule has 2 nitrogen and oxygen atoms in total. The lowest BCUT2D eigenvalue weighted by Crippen LogP contribution is -2.36. The van der Waals surface area contributed by atoms with E-state index in [9.17, 15) is 0 Å². The Labute approximate surface area is 88.8 Å². The van der Waals surface area contributed by atoms with Gasteiger partial charge in [0.1, 0.15) is 0 Å². The number of benzene rings is 1. The van der Waals surface area contributed by atoms with E-state index >= 15 is 0 Å². The molecule has 0 radical (unpaired) electrons. The maximum atomic E-state index is 6.24. The van der Waals surface area contributed by atoms with E-state index in [1.165, 1.54) is 10.5 Å². The Bertz CT molecular complexity index is 304. The summed E-state index contributed by atoms with van der Waals surface area (Å²) in [7, 11) is 0. The molecule has 1 atom stereocenters. The second kappa shape index (κ2) is 3.93. The largest absolute Gasteiger partial charge is 0.379 e. The molecule has 0 spiro atoms. The minimum atomic E-state index is -0.253. The summed E-state index contributed by atoms with van der Waals surface area (Å²) in [6.45, 7) is 1.42. The predicted octanol–water partition coefficient (Wildman–Crippen LogP) is 1.98. The Kier molecular flexibility index (Phi) is 2.81. The number of hydrogen-bond donors (Lipinski definition) is 1. The third kappa shape index (κ3) is 1.80. The molecule has 0 amide bonds. The summed E-state index contributed by atoms with van der Waals surface area (Å²) in [5.74, 6) is 0. The van der Waals surface area contributed by atoms with Crippen LogP contribution in [0, 0.1) is 0 Å². The molecule has 1 saturated heterocycles.